The third kappa shape index (κ3) is 2.26. The summed E-state index contributed by atoms with van der Waals surface area (Å²) in [5.74, 6) is 0. The Morgan fingerprint density at radius 2 is 1.69 bits per heavy atom. The second-order valence-electron chi connectivity index (χ2n) is 6.15. The van der Waals surface area contributed by atoms with Gasteiger partial charge in [-0.3, -0.25) is 4.31 Å². The summed E-state index contributed by atoms with van der Waals surface area (Å²) in [6.45, 7) is 0.236. The number of anilines is 1. The minimum Gasteiger partial charge on any atom is -0.260 e. The first-order valence-corrected chi connectivity index (χ1v) is 10.5. The van der Waals surface area contributed by atoms with Gasteiger partial charge in [0.2, 0.25) is 0 Å². The predicted molar refractivity (Wildman–Crippen MR) is 105 cm³/mol. The summed E-state index contributed by atoms with van der Waals surface area (Å²) >= 11 is 1.53. The number of nitrogens with zero attached hydrogens (tertiary/aromatic N) is 2. The van der Waals surface area contributed by atoms with Crippen LogP contribution in [0.25, 0.3) is 21.3 Å². The average molecular weight is 378 g/mol. The zero-order valence-electron chi connectivity index (χ0n) is 13.7. The van der Waals surface area contributed by atoms with Crippen molar-refractivity contribution in [3.8, 4) is 10.6 Å². The van der Waals surface area contributed by atoms with Crippen molar-refractivity contribution in [1.82, 2.24) is 4.98 Å². The molecule has 2 heterocycles. The van der Waals surface area contributed by atoms with Gasteiger partial charge in [0.05, 0.1) is 22.8 Å². The summed E-state index contributed by atoms with van der Waals surface area (Å²) in [7, 11) is -3.55. The highest BCUT2D eigenvalue weighted by molar-refractivity contribution is 7.93. The molecule has 0 bridgehead atoms. The van der Waals surface area contributed by atoms with E-state index in [1.54, 1.807) is 12.1 Å². The van der Waals surface area contributed by atoms with Crippen LogP contribution in [0.4, 0.5) is 5.69 Å². The summed E-state index contributed by atoms with van der Waals surface area (Å²) in [4.78, 5) is 5.03. The number of sulfonamides is 1. The van der Waals surface area contributed by atoms with Crippen molar-refractivity contribution in [2.45, 2.75) is 11.4 Å². The molecule has 0 aliphatic carbocycles. The minimum atomic E-state index is -3.55. The summed E-state index contributed by atoms with van der Waals surface area (Å²) in [5.41, 5.74) is 2.52. The van der Waals surface area contributed by atoms with E-state index in [0.717, 1.165) is 32.7 Å². The van der Waals surface area contributed by atoms with Crippen molar-refractivity contribution >= 4 is 37.8 Å². The van der Waals surface area contributed by atoms with Crippen LogP contribution in [-0.4, -0.2) is 13.4 Å². The quantitative estimate of drug-likeness (QED) is 0.520. The van der Waals surface area contributed by atoms with E-state index in [0.29, 0.717) is 4.90 Å². The van der Waals surface area contributed by atoms with Crippen LogP contribution in [0.3, 0.4) is 0 Å². The summed E-state index contributed by atoms with van der Waals surface area (Å²) in [6, 6.07) is 21.0. The molecule has 0 saturated carbocycles. The van der Waals surface area contributed by atoms with Gasteiger partial charge in [0.25, 0.3) is 10.0 Å². The molecular weight excluding hydrogens is 364 g/mol. The first-order chi connectivity index (χ1) is 12.6. The van der Waals surface area contributed by atoms with Crippen LogP contribution in [-0.2, 0) is 16.6 Å². The third-order valence-corrected chi connectivity index (χ3v) is 7.30. The molecule has 4 nitrogen and oxygen atoms in total. The first kappa shape index (κ1) is 15.5. The number of hydrogen-bond acceptors (Lipinski definition) is 4. The van der Waals surface area contributed by atoms with Gasteiger partial charge in [0.15, 0.2) is 0 Å². The van der Waals surface area contributed by atoms with Crippen molar-refractivity contribution < 1.29 is 8.42 Å². The standard InChI is InChI=1S/C20H14N2O2S2/c23-26(24)18-11-5-9-14-8-4-10-17(19(14)18)22(26)12-16-13-25-20(21-16)15-6-2-1-3-7-15/h1-11,13H,12H2. The van der Waals surface area contributed by atoms with Gasteiger partial charge in [-0.25, -0.2) is 13.4 Å². The van der Waals surface area contributed by atoms with Crippen LogP contribution in [0.1, 0.15) is 5.69 Å². The Morgan fingerprint density at radius 1 is 0.923 bits per heavy atom. The lowest BCUT2D eigenvalue weighted by atomic mass is 10.1. The Bertz CT molecular complexity index is 1230. The highest BCUT2D eigenvalue weighted by atomic mass is 32.2. The van der Waals surface area contributed by atoms with Crippen molar-refractivity contribution in [1.29, 1.82) is 0 Å². The molecule has 0 saturated heterocycles. The molecule has 128 valence electrons. The van der Waals surface area contributed by atoms with Crippen LogP contribution in [0.2, 0.25) is 0 Å². The molecule has 0 unspecified atom stereocenters. The van der Waals surface area contributed by atoms with Crippen molar-refractivity contribution in [2.24, 2.45) is 0 Å². The van der Waals surface area contributed by atoms with Crippen LogP contribution in [0.5, 0.6) is 0 Å². The Labute approximate surface area is 155 Å². The molecule has 5 rings (SSSR count). The molecule has 1 aliphatic heterocycles. The van der Waals surface area contributed by atoms with Crippen LogP contribution in [0, 0.1) is 0 Å². The lowest BCUT2D eigenvalue weighted by molar-refractivity contribution is 0.593. The normalized spacial score (nSPS) is 14.8. The number of thiazole rings is 1. The Kier molecular flexibility index (Phi) is 3.38. The fraction of sp³-hybridized carbons (Fsp3) is 0.0500. The second-order valence-corrected chi connectivity index (χ2v) is 8.84. The zero-order chi connectivity index (χ0) is 17.7. The molecule has 26 heavy (non-hydrogen) atoms. The zero-order valence-corrected chi connectivity index (χ0v) is 15.3. The van der Waals surface area contributed by atoms with Gasteiger partial charge in [-0.15, -0.1) is 11.3 Å². The largest absolute Gasteiger partial charge is 0.265 e. The average Bonchev–Trinajstić information content (AvgIpc) is 3.22. The molecule has 3 aromatic carbocycles. The van der Waals surface area contributed by atoms with E-state index in [-0.39, 0.29) is 6.54 Å². The van der Waals surface area contributed by atoms with E-state index >= 15 is 0 Å². The third-order valence-electron chi connectivity index (χ3n) is 4.56. The van der Waals surface area contributed by atoms with E-state index in [1.165, 1.54) is 15.6 Å². The second kappa shape index (κ2) is 5.65. The molecular formula is C20H14N2O2S2. The van der Waals surface area contributed by atoms with Gasteiger partial charge in [-0.05, 0) is 17.5 Å². The van der Waals surface area contributed by atoms with Crippen molar-refractivity contribution in [3.63, 3.8) is 0 Å². The maximum Gasteiger partial charge on any atom is 0.265 e. The maximum atomic E-state index is 13.0. The lowest BCUT2D eigenvalue weighted by Crippen LogP contribution is -2.26. The molecule has 1 aliphatic rings. The molecule has 0 spiro atoms. The molecule has 0 amide bonds. The van der Waals surface area contributed by atoms with Gasteiger partial charge >= 0.3 is 0 Å². The predicted octanol–water partition coefficient (Wildman–Crippen LogP) is 4.67. The maximum absolute atomic E-state index is 13.0. The Morgan fingerprint density at radius 3 is 2.50 bits per heavy atom. The Hall–Kier alpha value is -2.70. The number of benzene rings is 3. The first-order valence-electron chi connectivity index (χ1n) is 8.19. The topological polar surface area (TPSA) is 50.3 Å². The highest BCUT2D eigenvalue weighted by Gasteiger charge is 2.35. The van der Waals surface area contributed by atoms with Crippen LogP contribution < -0.4 is 4.31 Å². The van der Waals surface area contributed by atoms with Gasteiger partial charge in [-0.2, -0.15) is 0 Å². The van der Waals surface area contributed by atoms with Gasteiger partial charge in [0, 0.05) is 16.3 Å². The van der Waals surface area contributed by atoms with Gasteiger partial charge in [-0.1, -0.05) is 54.6 Å². The monoisotopic (exact) mass is 378 g/mol. The van der Waals surface area contributed by atoms with Gasteiger partial charge < -0.3 is 0 Å². The summed E-state index contributed by atoms with van der Waals surface area (Å²) < 4.78 is 27.6. The van der Waals surface area contributed by atoms with E-state index in [4.69, 9.17) is 0 Å². The molecule has 0 atom stereocenters. The fourth-order valence-electron chi connectivity index (χ4n) is 3.37. The molecule has 1 aromatic heterocycles. The van der Waals surface area contributed by atoms with Crippen LogP contribution >= 0.6 is 11.3 Å². The highest BCUT2D eigenvalue weighted by Crippen LogP contribution is 2.42. The number of hydrogen-bond donors (Lipinski definition) is 0. The van der Waals surface area contributed by atoms with E-state index in [9.17, 15) is 8.42 Å². The fourth-order valence-corrected chi connectivity index (χ4v) is 5.87. The van der Waals surface area contributed by atoms with Gasteiger partial charge in [0.1, 0.15) is 5.01 Å². The molecule has 4 aromatic rings. The Balaban J connectivity index is 1.56. The van der Waals surface area contributed by atoms with Crippen LogP contribution in [0.15, 0.2) is 77.0 Å². The summed E-state index contributed by atoms with van der Waals surface area (Å²) in [5, 5.41) is 4.57. The number of rotatable bonds is 3. The van der Waals surface area contributed by atoms with E-state index < -0.39 is 10.0 Å². The SMILES string of the molecule is O=S1(=O)c2cccc3cccc(c23)N1Cc1csc(-c2ccccc2)n1. The smallest absolute Gasteiger partial charge is 0.260 e. The number of aromatic nitrogens is 1. The molecule has 6 heteroatoms. The minimum absolute atomic E-state index is 0.236. The molecule has 0 N–H and O–H groups in total. The van der Waals surface area contributed by atoms with Crippen molar-refractivity contribution in [3.05, 3.63) is 77.8 Å². The molecule has 0 fully saturated rings. The van der Waals surface area contributed by atoms with Crippen molar-refractivity contribution in [2.75, 3.05) is 4.31 Å². The van der Waals surface area contributed by atoms with E-state index in [2.05, 4.69) is 4.98 Å². The lowest BCUT2D eigenvalue weighted by Gasteiger charge is -2.17. The molecule has 0 radical (unpaired) electrons. The summed E-state index contributed by atoms with van der Waals surface area (Å²) in [6.07, 6.45) is 0. The van der Waals surface area contributed by atoms with E-state index in [1.807, 2.05) is 60.0 Å².